The zero-order valence-electron chi connectivity index (χ0n) is 22.5. The zero-order chi connectivity index (χ0) is 28.1. The number of ether oxygens (including phenoxy) is 1. The number of carbonyl (C=O) groups excluding carboxylic acids is 1. The molecular formula is C29H33N7O4. The molecule has 0 unspecified atom stereocenters. The maximum absolute atomic E-state index is 13.2. The highest BCUT2D eigenvalue weighted by Crippen LogP contribution is 2.33. The van der Waals surface area contributed by atoms with Crippen molar-refractivity contribution >= 4 is 17.8 Å². The number of hydrogen-bond donors (Lipinski definition) is 4. The molecule has 5 rings (SSSR count). The van der Waals surface area contributed by atoms with Gasteiger partial charge < -0.3 is 20.1 Å². The van der Waals surface area contributed by atoms with Crippen LogP contribution in [0.25, 0.3) is 16.9 Å². The van der Waals surface area contributed by atoms with Crippen LogP contribution in [0.3, 0.4) is 0 Å². The van der Waals surface area contributed by atoms with Gasteiger partial charge in [0, 0.05) is 56.5 Å². The number of urea groups is 1. The van der Waals surface area contributed by atoms with Crippen molar-refractivity contribution in [2.75, 3.05) is 45.2 Å². The molecule has 3 heterocycles. The van der Waals surface area contributed by atoms with Crippen LogP contribution in [0.2, 0.25) is 0 Å². The summed E-state index contributed by atoms with van der Waals surface area (Å²) < 4.78 is 7.00. The number of benzene rings is 2. The fourth-order valence-corrected chi connectivity index (χ4v) is 5.25. The van der Waals surface area contributed by atoms with Crippen LogP contribution >= 0.6 is 0 Å². The van der Waals surface area contributed by atoms with E-state index in [-0.39, 0.29) is 23.4 Å². The Morgan fingerprint density at radius 2 is 1.90 bits per heavy atom. The number of carboxylic acid groups (broad SMARTS) is 1. The number of methoxy groups -OCH3 is 1. The summed E-state index contributed by atoms with van der Waals surface area (Å²) in [6.07, 6.45) is 3.47. The highest BCUT2D eigenvalue weighted by molar-refractivity contribution is 5.91. The Kier molecular flexibility index (Phi) is 8.23. The van der Waals surface area contributed by atoms with Crippen molar-refractivity contribution < 1.29 is 19.4 Å². The summed E-state index contributed by atoms with van der Waals surface area (Å²) in [4.78, 5) is 26.9. The topological polar surface area (TPSA) is 137 Å². The van der Waals surface area contributed by atoms with Gasteiger partial charge in [-0.25, -0.2) is 14.3 Å². The second-order valence-corrected chi connectivity index (χ2v) is 9.94. The van der Waals surface area contributed by atoms with Crippen molar-refractivity contribution in [3.8, 4) is 16.9 Å². The van der Waals surface area contributed by atoms with Gasteiger partial charge in [-0.15, -0.1) is 0 Å². The van der Waals surface area contributed by atoms with Gasteiger partial charge >= 0.3 is 12.0 Å². The number of likely N-dealkylation sites (tertiary alicyclic amines) is 1. The van der Waals surface area contributed by atoms with Crippen molar-refractivity contribution in [2.45, 2.75) is 12.8 Å². The highest BCUT2D eigenvalue weighted by Gasteiger charge is 2.34. The van der Waals surface area contributed by atoms with Gasteiger partial charge in [0.15, 0.2) is 0 Å². The number of nitrogens with one attached hydrogen (secondary N) is 3. The quantitative estimate of drug-likeness (QED) is 0.239. The van der Waals surface area contributed by atoms with Gasteiger partial charge in [0.05, 0.1) is 24.1 Å². The number of aromatic carboxylic acids is 1. The molecule has 1 fully saturated rings. The molecule has 1 aliphatic rings. The standard InChI is InChI=1S/C29H33N7O4/c1-19-26(22-15-31-32-16-22)34-36(24-6-4-3-5-7-24)27(19)33-29(39)30-14-23-17-35(12-13-40-2)18-25(23)20-8-10-21(11-9-20)28(37)38/h3-11,15-16,23,25H,12-14,17-18H2,1-2H3,(H,31,32)(H,37,38)(H2,30,33,39)/t23-,25+/m1/s1. The fraction of sp³-hybridized carbons (Fsp3) is 0.310. The first-order valence-corrected chi connectivity index (χ1v) is 13.2. The summed E-state index contributed by atoms with van der Waals surface area (Å²) in [5, 5.41) is 27.0. The van der Waals surface area contributed by atoms with Crippen LogP contribution in [-0.4, -0.2) is 81.9 Å². The number of nitrogens with zero attached hydrogens (tertiary/aromatic N) is 4. The minimum atomic E-state index is -0.949. The van der Waals surface area contributed by atoms with E-state index in [0.29, 0.717) is 19.0 Å². The first-order valence-electron chi connectivity index (χ1n) is 13.2. The number of aromatic amines is 1. The van der Waals surface area contributed by atoms with Crippen LogP contribution in [0.15, 0.2) is 67.0 Å². The normalized spacial score (nSPS) is 17.1. The van der Waals surface area contributed by atoms with Crippen molar-refractivity contribution in [3.05, 3.63) is 83.7 Å². The monoisotopic (exact) mass is 543 g/mol. The molecule has 2 aromatic heterocycles. The van der Waals surface area contributed by atoms with Crippen LogP contribution in [0.5, 0.6) is 0 Å². The predicted octanol–water partition coefficient (Wildman–Crippen LogP) is 3.75. The predicted molar refractivity (Wildman–Crippen MR) is 151 cm³/mol. The summed E-state index contributed by atoms with van der Waals surface area (Å²) in [6, 6.07) is 16.3. The van der Waals surface area contributed by atoms with Gasteiger partial charge in [0.25, 0.3) is 0 Å². The molecule has 0 bridgehead atoms. The third kappa shape index (κ3) is 5.90. The Hall–Kier alpha value is -4.48. The van der Waals surface area contributed by atoms with E-state index < -0.39 is 5.97 Å². The van der Waals surface area contributed by atoms with Gasteiger partial charge in [-0.2, -0.15) is 10.2 Å². The van der Waals surface area contributed by atoms with Gasteiger partial charge in [-0.3, -0.25) is 10.4 Å². The number of carboxylic acids is 1. The SMILES string of the molecule is COCCN1C[C@@H](CNC(=O)Nc2c(C)c(-c3cn[nH]c3)nn2-c2ccccc2)[C@H](c2ccc(C(=O)O)cc2)C1. The third-order valence-electron chi connectivity index (χ3n) is 7.37. The molecule has 4 aromatic rings. The average Bonchev–Trinajstić information content (AvgIpc) is 3.71. The molecule has 11 nitrogen and oxygen atoms in total. The molecule has 0 radical (unpaired) electrons. The summed E-state index contributed by atoms with van der Waals surface area (Å²) in [5.74, 6) is -0.0893. The molecule has 40 heavy (non-hydrogen) atoms. The second-order valence-electron chi connectivity index (χ2n) is 9.94. The minimum absolute atomic E-state index is 0.139. The summed E-state index contributed by atoms with van der Waals surface area (Å²) in [6.45, 7) is 5.38. The number of para-hydroxylation sites is 1. The van der Waals surface area contributed by atoms with E-state index in [1.165, 1.54) is 0 Å². The van der Waals surface area contributed by atoms with E-state index in [2.05, 4.69) is 25.7 Å². The number of aromatic nitrogens is 4. The molecule has 0 aliphatic carbocycles. The fourth-order valence-electron chi connectivity index (χ4n) is 5.25. The van der Waals surface area contributed by atoms with Crippen molar-refractivity contribution in [1.82, 2.24) is 30.2 Å². The van der Waals surface area contributed by atoms with Gasteiger partial charge in [-0.05, 0) is 42.7 Å². The maximum atomic E-state index is 13.2. The number of H-pyrrole nitrogens is 1. The summed E-state index contributed by atoms with van der Waals surface area (Å²) in [5.41, 5.74) is 4.51. The number of amides is 2. The Morgan fingerprint density at radius 1 is 1.12 bits per heavy atom. The molecule has 11 heteroatoms. The van der Waals surface area contributed by atoms with Crippen LogP contribution in [0, 0.1) is 12.8 Å². The molecule has 0 saturated carbocycles. The molecule has 1 saturated heterocycles. The lowest BCUT2D eigenvalue weighted by Crippen LogP contribution is -2.36. The van der Waals surface area contributed by atoms with Crippen LogP contribution < -0.4 is 10.6 Å². The first kappa shape index (κ1) is 27.1. The number of hydrogen-bond acceptors (Lipinski definition) is 6. The zero-order valence-corrected chi connectivity index (χ0v) is 22.5. The molecule has 4 N–H and O–H groups in total. The maximum Gasteiger partial charge on any atom is 0.335 e. The molecule has 1 aliphatic heterocycles. The largest absolute Gasteiger partial charge is 0.478 e. The number of carbonyl (C=O) groups is 2. The Balaban J connectivity index is 1.33. The Bertz CT molecular complexity index is 1440. The van der Waals surface area contributed by atoms with E-state index in [9.17, 15) is 14.7 Å². The van der Waals surface area contributed by atoms with E-state index in [4.69, 9.17) is 9.84 Å². The number of rotatable bonds is 10. The first-order chi connectivity index (χ1) is 19.4. The van der Waals surface area contributed by atoms with E-state index in [0.717, 1.165) is 47.7 Å². The van der Waals surface area contributed by atoms with Crippen molar-refractivity contribution in [2.24, 2.45) is 5.92 Å². The lowest BCUT2D eigenvalue weighted by molar-refractivity contribution is 0.0697. The smallest absolute Gasteiger partial charge is 0.335 e. The molecule has 2 amide bonds. The molecule has 208 valence electrons. The lowest BCUT2D eigenvalue weighted by atomic mass is 9.88. The minimum Gasteiger partial charge on any atom is -0.478 e. The number of anilines is 1. The second kappa shape index (κ2) is 12.1. The van der Waals surface area contributed by atoms with Gasteiger partial charge in [-0.1, -0.05) is 30.3 Å². The van der Waals surface area contributed by atoms with Gasteiger partial charge in [0.2, 0.25) is 0 Å². The highest BCUT2D eigenvalue weighted by atomic mass is 16.5. The van der Waals surface area contributed by atoms with E-state index in [1.807, 2.05) is 49.4 Å². The van der Waals surface area contributed by atoms with Crippen molar-refractivity contribution in [1.29, 1.82) is 0 Å². The summed E-state index contributed by atoms with van der Waals surface area (Å²) in [7, 11) is 1.68. The lowest BCUT2D eigenvalue weighted by Gasteiger charge is -2.20. The van der Waals surface area contributed by atoms with Crippen molar-refractivity contribution in [3.63, 3.8) is 0 Å². The van der Waals surface area contributed by atoms with Crippen LogP contribution in [-0.2, 0) is 4.74 Å². The van der Waals surface area contributed by atoms with E-state index in [1.54, 1.807) is 36.3 Å². The molecule has 2 atom stereocenters. The van der Waals surface area contributed by atoms with Crippen LogP contribution in [0.4, 0.5) is 10.6 Å². The van der Waals surface area contributed by atoms with Gasteiger partial charge in [0.1, 0.15) is 11.5 Å². The van der Waals surface area contributed by atoms with Crippen LogP contribution in [0.1, 0.15) is 27.4 Å². The van der Waals surface area contributed by atoms with E-state index >= 15 is 0 Å². The molecule has 0 spiro atoms. The molecular weight excluding hydrogens is 510 g/mol. The average molecular weight is 544 g/mol. The Morgan fingerprint density at radius 3 is 2.58 bits per heavy atom. The summed E-state index contributed by atoms with van der Waals surface area (Å²) >= 11 is 0. The Labute approximate surface area is 232 Å². The third-order valence-corrected chi connectivity index (χ3v) is 7.37. The molecule has 2 aromatic carbocycles.